The Bertz CT molecular complexity index is 1020. The number of amides is 1. The minimum atomic E-state index is -4.58. The Hall–Kier alpha value is -3.24. The van der Waals surface area contributed by atoms with Crippen molar-refractivity contribution in [1.29, 1.82) is 0 Å². The molecule has 11 heteroatoms. The number of rotatable bonds is 7. The molecule has 29 heavy (non-hydrogen) atoms. The summed E-state index contributed by atoms with van der Waals surface area (Å²) in [6, 6.07) is 2.72. The third-order valence-corrected chi connectivity index (χ3v) is 3.85. The Kier molecular flexibility index (Phi) is 5.95. The molecule has 0 bridgehead atoms. The van der Waals surface area contributed by atoms with Gasteiger partial charge in [0.1, 0.15) is 0 Å². The summed E-state index contributed by atoms with van der Waals surface area (Å²) < 4.78 is 56.4. The Labute approximate surface area is 162 Å². The van der Waals surface area contributed by atoms with Crippen molar-refractivity contribution in [1.82, 2.24) is 25.1 Å². The first-order valence-corrected chi connectivity index (χ1v) is 8.67. The third kappa shape index (κ3) is 5.39. The number of likely N-dealkylation sites (N-methyl/N-ethyl adjacent to an activating group) is 1. The van der Waals surface area contributed by atoms with Crippen LogP contribution in [-0.2, 0) is 17.8 Å². The maximum Gasteiger partial charge on any atom is 0.422 e. The number of hydrogen-bond acceptors (Lipinski definition) is 5. The molecular formula is C18H17F4N5O2. The van der Waals surface area contributed by atoms with Crippen LogP contribution in [0.5, 0.6) is 5.88 Å². The minimum Gasteiger partial charge on any atom is -0.466 e. The predicted octanol–water partition coefficient (Wildman–Crippen LogP) is 2.63. The Morgan fingerprint density at radius 2 is 2.10 bits per heavy atom. The monoisotopic (exact) mass is 411 g/mol. The number of carbonyl (C=O) groups excluding carboxylic acids is 1. The van der Waals surface area contributed by atoms with E-state index < -0.39 is 24.5 Å². The number of nitrogens with zero attached hydrogens (tertiary/aromatic N) is 4. The molecule has 3 rings (SSSR count). The van der Waals surface area contributed by atoms with Crippen LogP contribution in [0.4, 0.5) is 17.6 Å². The highest BCUT2D eigenvalue weighted by Crippen LogP contribution is 2.21. The zero-order valence-electron chi connectivity index (χ0n) is 15.3. The molecule has 0 atom stereocenters. The first-order valence-electron chi connectivity index (χ1n) is 8.67. The van der Waals surface area contributed by atoms with E-state index in [4.69, 9.17) is 0 Å². The molecule has 0 saturated heterocycles. The fourth-order valence-electron chi connectivity index (χ4n) is 2.68. The van der Waals surface area contributed by atoms with E-state index in [9.17, 15) is 22.4 Å². The molecule has 0 radical (unpaired) electrons. The Morgan fingerprint density at radius 3 is 2.79 bits per heavy atom. The molecule has 0 aromatic carbocycles. The lowest BCUT2D eigenvalue weighted by Crippen LogP contribution is -2.24. The fourth-order valence-corrected chi connectivity index (χ4v) is 2.68. The number of aromatic nitrogens is 4. The highest BCUT2D eigenvalue weighted by Gasteiger charge is 2.29. The molecule has 3 aromatic rings. The molecule has 3 aromatic heterocycles. The van der Waals surface area contributed by atoms with Crippen LogP contribution >= 0.6 is 0 Å². The molecule has 0 aliphatic rings. The van der Waals surface area contributed by atoms with Crippen LogP contribution in [0.1, 0.15) is 18.2 Å². The first kappa shape index (κ1) is 20.5. The average Bonchev–Trinajstić information content (AvgIpc) is 3.04. The number of ether oxygens (including phenoxy) is 1. The van der Waals surface area contributed by atoms with Gasteiger partial charge in [-0.15, -0.1) is 0 Å². The average molecular weight is 411 g/mol. The van der Waals surface area contributed by atoms with Crippen LogP contribution in [0.2, 0.25) is 0 Å². The van der Waals surface area contributed by atoms with Crippen molar-refractivity contribution in [3.63, 3.8) is 0 Å². The van der Waals surface area contributed by atoms with Gasteiger partial charge < -0.3 is 10.1 Å². The maximum atomic E-state index is 14.0. The van der Waals surface area contributed by atoms with Gasteiger partial charge in [-0.3, -0.25) is 14.5 Å². The van der Waals surface area contributed by atoms with E-state index in [-0.39, 0.29) is 18.9 Å². The van der Waals surface area contributed by atoms with Gasteiger partial charge in [0.25, 0.3) is 5.88 Å². The number of carbonyl (C=O) groups is 1. The number of fused-ring (bicyclic) bond motifs is 1. The summed E-state index contributed by atoms with van der Waals surface area (Å²) in [5.74, 6) is -1.88. The molecule has 0 unspecified atom stereocenters. The normalized spacial score (nSPS) is 11.6. The number of hydrogen-bond donors (Lipinski definition) is 1. The van der Waals surface area contributed by atoms with E-state index in [1.165, 1.54) is 10.9 Å². The fraction of sp³-hybridized carbons (Fsp3) is 0.333. The van der Waals surface area contributed by atoms with Crippen LogP contribution in [0.15, 0.2) is 30.7 Å². The van der Waals surface area contributed by atoms with Crippen molar-refractivity contribution in [2.75, 3.05) is 13.2 Å². The van der Waals surface area contributed by atoms with Crippen LogP contribution in [-0.4, -0.2) is 45.0 Å². The lowest BCUT2D eigenvalue weighted by Gasteiger charge is -2.09. The van der Waals surface area contributed by atoms with Crippen molar-refractivity contribution in [2.45, 2.75) is 26.1 Å². The lowest BCUT2D eigenvalue weighted by molar-refractivity contribution is -0.154. The molecule has 0 aliphatic heterocycles. The van der Waals surface area contributed by atoms with Gasteiger partial charge in [-0.1, -0.05) is 0 Å². The van der Waals surface area contributed by atoms with Crippen LogP contribution in [0.3, 0.4) is 0 Å². The summed E-state index contributed by atoms with van der Waals surface area (Å²) in [5, 5.41) is 7.73. The second-order valence-electron chi connectivity index (χ2n) is 6.18. The van der Waals surface area contributed by atoms with Crippen molar-refractivity contribution < 1.29 is 27.1 Å². The highest BCUT2D eigenvalue weighted by molar-refractivity contribution is 5.86. The third-order valence-electron chi connectivity index (χ3n) is 3.85. The van der Waals surface area contributed by atoms with Gasteiger partial charge in [0, 0.05) is 30.5 Å². The molecule has 154 valence electrons. The lowest BCUT2D eigenvalue weighted by atomic mass is 10.2. The van der Waals surface area contributed by atoms with E-state index in [1.54, 1.807) is 18.5 Å². The SMILES string of the molecule is CCNC(=O)Cc1nccc2nn(Cc3cnc(OCC(F)(F)F)c(F)c3)cc12. The molecule has 0 spiro atoms. The summed E-state index contributed by atoms with van der Waals surface area (Å²) in [7, 11) is 0. The van der Waals surface area contributed by atoms with Crippen LogP contribution < -0.4 is 10.1 Å². The number of nitrogens with one attached hydrogen (secondary N) is 1. The number of halogens is 4. The molecule has 1 amide bonds. The summed E-state index contributed by atoms with van der Waals surface area (Å²) in [6.45, 7) is 0.826. The summed E-state index contributed by atoms with van der Waals surface area (Å²) in [4.78, 5) is 19.7. The molecule has 7 nitrogen and oxygen atoms in total. The zero-order chi connectivity index (χ0) is 21.0. The van der Waals surface area contributed by atoms with E-state index in [0.717, 1.165) is 6.07 Å². The second-order valence-corrected chi connectivity index (χ2v) is 6.18. The van der Waals surface area contributed by atoms with E-state index in [1.807, 2.05) is 6.92 Å². The summed E-state index contributed by atoms with van der Waals surface area (Å²) in [5.41, 5.74) is 1.55. The second kappa shape index (κ2) is 8.41. The number of pyridine rings is 2. The maximum absolute atomic E-state index is 14.0. The van der Waals surface area contributed by atoms with E-state index in [0.29, 0.717) is 28.7 Å². The molecule has 0 saturated carbocycles. The standard InChI is InChI=1S/C18H17F4N5O2/c1-2-23-16(28)6-15-12-9-27(26-14(12)3-4-24-15)8-11-5-13(19)17(25-7-11)29-10-18(20,21)22/h3-5,7,9H,2,6,8,10H2,1H3,(H,23,28). The highest BCUT2D eigenvalue weighted by atomic mass is 19.4. The molecule has 1 N–H and O–H groups in total. The van der Waals surface area contributed by atoms with Gasteiger partial charge >= 0.3 is 6.18 Å². The minimum absolute atomic E-state index is 0.0955. The van der Waals surface area contributed by atoms with E-state index in [2.05, 4.69) is 25.1 Å². The Balaban J connectivity index is 1.76. The predicted molar refractivity (Wildman–Crippen MR) is 94.8 cm³/mol. The topological polar surface area (TPSA) is 81.9 Å². The quantitative estimate of drug-likeness (QED) is 0.605. The van der Waals surface area contributed by atoms with Gasteiger partial charge in [-0.25, -0.2) is 9.37 Å². The van der Waals surface area contributed by atoms with Crippen LogP contribution in [0.25, 0.3) is 10.9 Å². The van der Waals surface area contributed by atoms with Crippen molar-refractivity contribution in [2.24, 2.45) is 0 Å². The van der Waals surface area contributed by atoms with Crippen molar-refractivity contribution in [3.05, 3.63) is 47.8 Å². The molecule has 3 heterocycles. The largest absolute Gasteiger partial charge is 0.466 e. The van der Waals surface area contributed by atoms with Gasteiger partial charge in [0.2, 0.25) is 5.91 Å². The van der Waals surface area contributed by atoms with Crippen LogP contribution in [0, 0.1) is 5.82 Å². The van der Waals surface area contributed by atoms with Gasteiger partial charge in [-0.05, 0) is 24.6 Å². The molecular weight excluding hydrogens is 394 g/mol. The molecule has 0 aliphatic carbocycles. The van der Waals surface area contributed by atoms with E-state index >= 15 is 0 Å². The smallest absolute Gasteiger partial charge is 0.422 e. The summed E-state index contributed by atoms with van der Waals surface area (Å²) in [6.07, 6.45) is -0.0554. The van der Waals surface area contributed by atoms with Crippen molar-refractivity contribution in [3.8, 4) is 5.88 Å². The Morgan fingerprint density at radius 1 is 1.31 bits per heavy atom. The summed E-state index contributed by atoms with van der Waals surface area (Å²) >= 11 is 0. The van der Waals surface area contributed by atoms with Gasteiger partial charge in [-0.2, -0.15) is 18.3 Å². The van der Waals surface area contributed by atoms with Gasteiger partial charge in [0.15, 0.2) is 12.4 Å². The van der Waals surface area contributed by atoms with Crippen molar-refractivity contribution >= 4 is 16.8 Å². The van der Waals surface area contributed by atoms with Gasteiger partial charge in [0.05, 0.1) is 24.2 Å². The molecule has 0 fully saturated rings. The zero-order valence-corrected chi connectivity index (χ0v) is 15.3. The first-order chi connectivity index (χ1) is 13.7. The number of alkyl halides is 3.